The van der Waals surface area contributed by atoms with Crippen molar-refractivity contribution in [2.24, 2.45) is 11.7 Å². The van der Waals surface area contributed by atoms with Gasteiger partial charge in [0.1, 0.15) is 0 Å². The van der Waals surface area contributed by atoms with E-state index in [-0.39, 0.29) is 5.75 Å². The van der Waals surface area contributed by atoms with Crippen LogP contribution in [0.4, 0.5) is 0 Å². The maximum atomic E-state index is 12.2. The van der Waals surface area contributed by atoms with Crippen molar-refractivity contribution in [1.82, 2.24) is 9.21 Å². The Hall–Kier alpha value is -0.170. The second kappa shape index (κ2) is 7.57. The standard InChI is InChI=1S/C13H29N3O2S/c1-4-13(11-14)15-6-8-16(9-7-15)19(17,18)10-5-12(2)3/h12-13H,4-11,14H2,1-3H3. The summed E-state index contributed by atoms with van der Waals surface area (Å²) in [5, 5.41) is 0. The van der Waals surface area contributed by atoms with Crippen molar-refractivity contribution < 1.29 is 8.42 Å². The summed E-state index contributed by atoms with van der Waals surface area (Å²) in [6.07, 6.45) is 1.76. The molecule has 1 aliphatic heterocycles. The van der Waals surface area contributed by atoms with Gasteiger partial charge in [-0.1, -0.05) is 20.8 Å². The van der Waals surface area contributed by atoms with E-state index in [0.717, 1.165) is 25.9 Å². The van der Waals surface area contributed by atoms with Gasteiger partial charge in [-0.25, -0.2) is 8.42 Å². The van der Waals surface area contributed by atoms with Crippen LogP contribution in [0.2, 0.25) is 0 Å². The average molecular weight is 291 g/mol. The second-order valence-electron chi connectivity index (χ2n) is 5.73. The highest BCUT2D eigenvalue weighted by atomic mass is 32.2. The van der Waals surface area contributed by atoms with Crippen LogP contribution in [0.25, 0.3) is 0 Å². The molecule has 5 nitrogen and oxygen atoms in total. The summed E-state index contributed by atoms with van der Waals surface area (Å²) in [5.74, 6) is 0.705. The first kappa shape index (κ1) is 16.9. The molecule has 1 fully saturated rings. The van der Waals surface area contributed by atoms with E-state index in [1.807, 2.05) is 0 Å². The number of nitrogens with zero attached hydrogens (tertiary/aromatic N) is 2. The van der Waals surface area contributed by atoms with Crippen molar-refractivity contribution in [2.45, 2.75) is 39.7 Å². The van der Waals surface area contributed by atoms with Crippen LogP contribution in [0.3, 0.4) is 0 Å². The molecule has 2 N–H and O–H groups in total. The number of hydrogen-bond donors (Lipinski definition) is 1. The van der Waals surface area contributed by atoms with Crippen molar-refractivity contribution in [3.05, 3.63) is 0 Å². The van der Waals surface area contributed by atoms with Crippen molar-refractivity contribution >= 4 is 10.0 Å². The van der Waals surface area contributed by atoms with Crippen LogP contribution >= 0.6 is 0 Å². The summed E-state index contributed by atoms with van der Waals surface area (Å²) in [5.41, 5.74) is 5.74. The zero-order chi connectivity index (χ0) is 14.5. The highest BCUT2D eigenvalue weighted by Crippen LogP contribution is 2.14. The zero-order valence-corrected chi connectivity index (χ0v) is 13.3. The van der Waals surface area contributed by atoms with Gasteiger partial charge in [0.25, 0.3) is 0 Å². The number of hydrogen-bond acceptors (Lipinski definition) is 4. The Morgan fingerprint density at radius 1 is 1.16 bits per heavy atom. The van der Waals surface area contributed by atoms with Crippen LogP contribution in [0, 0.1) is 5.92 Å². The van der Waals surface area contributed by atoms with Gasteiger partial charge in [-0.2, -0.15) is 4.31 Å². The Kier molecular flexibility index (Phi) is 6.73. The van der Waals surface area contributed by atoms with Crippen molar-refractivity contribution in [2.75, 3.05) is 38.5 Å². The molecule has 0 amide bonds. The molecule has 6 heteroatoms. The van der Waals surface area contributed by atoms with Gasteiger partial charge in [-0.05, 0) is 18.8 Å². The Morgan fingerprint density at radius 2 is 1.74 bits per heavy atom. The third kappa shape index (κ3) is 5.02. The normalized spacial score (nSPS) is 20.9. The molecule has 1 unspecified atom stereocenters. The fourth-order valence-corrected chi connectivity index (χ4v) is 4.18. The highest BCUT2D eigenvalue weighted by molar-refractivity contribution is 7.89. The Bertz CT molecular complexity index is 345. The molecule has 1 aliphatic rings. The third-order valence-corrected chi connectivity index (χ3v) is 5.78. The summed E-state index contributed by atoms with van der Waals surface area (Å²) in [7, 11) is -3.07. The highest BCUT2D eigenvalue weighted by Gasteiger charge is 2.28. The third-order valence-electron chi connectivity index (χ3n) is 3.88. The van der Waals surface area contributed by atoms with Gasteiger partial charge in [-0.3, -0.25) is 4.90 Å². The van der Waals surface area contributed by atoms with Crippen LogP contribution in [0.1, 0.15) is 33.6 Å². The lowest BCUT2D eigenvalue weighted by atomic mass is 10.1. The zero-order valence-electron chi connectivity index (χ0n) is 12.5. The van der Waals surface area contributed by atoms with Crippen LogP contribution in [0.15, 0.2) is 0 Å². The van der Waals surface area contributed by atoms with Crippen molar-refractivity contribution in [3.8, 4) is 0 Å². The molecule has 1 rings (SSSR count). The molecule has 0 aromatic carbocycles. The van der Waals surface area contributed by atoms with Gasteiger partial charge in [0.2, 0.25) is 10.0 Å². The second-order valence-corrected chi connectivity index (χ2v) is 7.82. The summed E-state index contributed by atoms with van der Waals surface area (Å²) >= 11 is 0. The van der Waals surface area contributed by atoms with Crippen LogP contribution in [-0.4, -0.2) is 62.1 Å². The van der Waals surface area contributed by atoms with Gasteiger partial charge >= 0.3 is 0 Å². The molecule has 0 bridgehead atoms. The fraction of sp³-hybridized carbons (Fsp3) is 1.00. The molecule has 0 aromatic heterocycles. The first-order valence-corrected chi connectivity index (χ1v) is 8.93. The van der Waals surface area contributed by atoms with E-state index in [2.05, 4.69) is 25.7 Å². The lowest BCUT2D eigenvalue weighted by Gasteiger charge is -2.38. The number of rotatable bonds is 7. The molecule has 0 aliphatic carbocycles. The fourth-order valence-electron chi connectivity index (χ4n) is 2.43. The summed E-state index contributed by atoms with van der Waals surface area (Å²) < 4.78 is 26.0. The van der Waals surface area contributed by atoms with Crippen LogP contribution in [0.5, 0.6) is 0 Å². The van der Waals surface area contributed by atoms with Gasteiger partial charge in [0, 0.05) is 38.8 Å². The SMILES string of the molecule is CCC(CN)N1CCN(S(=O)(=O)CCC(C)C)CC1. The Labute approximate surface area is 118 Å². The maximum absolute atomic E-state index is 12.2. The number of nitrogens with two attached hydrogens (primary N) is 1. The maximum Gasteiger partial charge on any atom is 0.214 e. The van der Waals surface area contributed by atoms with E-state index in [0.29, 0.717) is 31.6 Å². The first-order chi connectivity index (χ1) is 8.90. The molecule has 0 saturated carbocycles. The lowest BCUT2D eigenvalue weighted by molar-refractivity contribution is 0.137. The molecule has 0 aromatic rings. The minimum Gasteiger partial charge on any atom is -0.329 e. The molecular weight excluding hydrogens is 262 g/mol. The van der Waals surface area contributed by atoms with Crippen molar-refractivity contribution in [3.63, 3.8) is 0 Å². The quantitative estimate of drug-likeness (QED) is 0.750. The van der Waals surface area contributed by atoms with E-state index in [1.165, 1.54) is 0 Å². The first-order valence-electron chi connectivity index (χ1n) is 7.32. The molecule has 0 spiro atoms. The topological polar surface area (TPSA) is 66.6 Å². The molecule has 1 saturated heterocycles. The molecule has 1 heterocycles. The molecule has 114 valence electrons. The van der Waals surface area contributed by atoms with E-state index >= 15 is 0 Å². The van der Waals surface area contributed by atoms with Crippen molar-refractivity contribution in [1.29, 1.82) is 0 Å². The van der Waals surface area contributed by atoms with E-state index in [4.69, 9.17) is 5.73 Å². The van der Waals surface area contributed by atoms with E-state index < -0.39 is 10.0 Å². The Morgan fingerprint density at radius 3 is 2.16 bits per heavy atom. The smallest absolute Gasteiger partial charge is 0.214 e. The van der Waals surface area contributed by atoms with Gasteiger partial charge < -0.3 is 5.73 Å². The van der Waals surface area contributed by atoms with Crippen LogP contribution in [-0.2, 0) is 10.0 Å². The largest absolute Gasteiger partial charge is 0.329 e. The lowest BCUT2D eigenvalue weighted by Crippen LogP contribution is -2.53. The van der Waals surface area contributed by atoms with Crippen LogP contribution < -0.4 is 5.73 Å². The average Bonchev–Trinajstić information content (AvgIpc) is 2.39. The minimum atomic E-state index is -3.07. The minimum absolute atomic E-state index is 0.277. The molecule has 19 heavy (non-hydrogen) atoms. The summed E-state index contributed by atoms with van der Waals surface area (Å²) in [6, 6.07) is 0.389. The summed E-state index contributed by atoms with van der Waals surface area (Å²) in [6.45, 7) is 9.71. The molecule has 1 atom stereocenters. The monoisotopic (exact) mass is 291 g/mol. The number of sulfonamides is 1. The number of piperazine rings is 1. The van der Waals surface area contributed by atoms with E-state index in [9.17, 15) is 8.42 Å². The van der Waals surface area contributed by atoms with Gasteiger partial charge in [-0.15, -0.1) is 0 Å². The van der Waals surface area contributed by atoms with Gasteiger partial charge in [0.15, 0.2) is 0 Å². The predicted molar refractivity (Wildman–Crippen MR) is 79.5 cm³/mol. The van der Waals surface area contributed by atoms with E-state index in [1.54, 1.807) is 4.31 Å². The Balaban J connectivity index is 2.48. The molecule has 0 radical (unpaired) electrons. The summed E-state index contributed by atoms with van der Waals surface area (Å²) in [4.78, 5) is 2.31. The predicted octanol–water partition coefficient (Wildman–Crippen LogP) is 0.717. The van der Waals surface area contributed by atoms with Gasteiger partial charge in [0.05, 0.1) is 5.75 Å². The molecular formula is C13H29N3O2S.